The number of halogens is 3. The van der Waals surface area contributed by atoms with Crippen LogP contribution in [0, 0.1) is 0 Å². The third-order valence-corrected chi connectivity index (χ3v) is 3.70. The van der Waals surface area contributed by atoms with Gasteiger partial charge in [0.05, 0.1) is 19.7 Å². The van der Waals surface area contributed by atoms with Gasteiger partial charge >= 0.3 is 6.18 Å². The molecule has 3 nitrogen and oxygen atoms in total. The van der Waals surface area contributed by atoms with Gasteiger partial charge in [0.1, 0.15) is 5.75 Å². The summed E-state index contributed by atoms with van der Waals surface area (Å²) in [5.74, 6) is 0.742. The first-order valence-electron chi connectivity index (χ1n) is 6.19. The minimum atomic E-state index is -4.58. The molecule has 0 radical (unpaired) electrons. The van der Waals surface area contributed by atoms with Crippen molar-refractivity contribution >= 4 is 5.69 Å². The molecule has 0 spiro atoms. The fraction of sp³-hybridized carbons (Fsp3) is 0.538. The number of anilines is 1. The van der Waals surface area contributed by atoms with Crippen molar-refractivity contribution in [2.45, 2.75) is 24.6 Å². The van der Waals surface area contributed by atoms with Crippen LogP contribution in [-0.2, 0) is 6.42 Å². The second-order valence-corrected chi connectivity index (χ2v) is 5.13. The van der Waals surface area contributed by atoms with Crippen molar-refractivity contribution in [1.29, 1.82) is 0 Å². The maximum absolute atomic E-state index is 12.5. The minimum absolute atomic E-state index is 0.421. The summed E-state index contributed by atoms with van der Waals surface area (Å²) in [7, 11) is 0. The molecule has 3 rings (SSSR count). The molecule has 0 aliphatic carbocycles. The van der Waals surface area contributed by atoms with E-state index in [9.17, 15) is 18.3 Å². The molecular formula is C13H14F3NO2. The number of β-amino-alcohol motifs (C(OH)–C–C–N with tert-alkyl or cyclic N) is 1. The maximum Gasteiger partial charge on any atom is 0.420 e. The van der Waals surface area contributed by atoms with Crippen molar-refractivity contribution in [2.24, 2.45) is 0 Å². The highest BCUT2D eigenvalue weighted by atomic mass is 19.4. The maximum atomic E-state index is 12.5. The standard InChI is InChI=1S/C13H14F3NO2/c14-13(15,16)12(18)7-17(8-12)10-4-3-9-2-1-5-19-11(9)6-10/h3-4,6,18H,1-2,5,7-8H2. The third-order valence-electron chi connectivity index (χ3n) is 3.70. The molecule has 1 saturated heterocycles. The molecule has 1 aromatic rings. The number of rotatable bonds is 1. The molecule has 2 aliphatic rings. The summed E-state index contributed by atoms with van der Waals surface area (Å²) in [5, 5.41) is 9.42. The van der Waals surface area contributed by atoms with Crippen LogP contribution in [0.5, 0.6) is 5.75 Å². The summed E-state index contributed by atoms with van der Waals surface area (Å²) >= 11 is 0. The topological polar surface area (TPSA) is 32.7 Å². The predicted octanol–water partition coefficient (Wildman–Crippen LogP) is 2.12. The van der Waals surface area contributed by atoms with E-state index in [1.807, 2.05) is 6.07 Å². The molecule has 1 N–H and O–H groups in total. The van der Waals surface area contributed by atoms with Crippen LogP contribution in [0.4, 0.5) is 18.9 Å². The van der Waals surface area contributed by atoms with Gasteiger partial charge in [-0.25, -0.2) is 0 Å². The monoisotopic (exact) mass is 273 g/mol. The van der Waals surface area contributed by atoms with E-state index in [-0.39, 0.29) is 0 Å². The Hall–Kier alpha value is -1.43. The van der Waals surface area contributed by atoms with Crippen LogP contribution in [0.3, 0.4) is 0 Å². The first-order chi connectivity index (χ1) is 8.89. The Labute approximate surface area is 108 Å². The second-order valence-electron chi connectivity index (χ2n) is 5.13. The highest BCUT2D eigenvalue weighted by molar-refractivity contribution is 5.57. The predicted molar refractivity (Wildman–Crippen MR) is 63.5 cm³/mol. The zero-order valence-electron chi connectivity index (χ0n) is 10.2. The number of aliphatic hydroxyl groups is 1. The van der Waals surface area contributed by atoms with Gasteiger partial charge in [0.2, 0.25) is 0 Å². The van der Waals surface area contributed by atoms with Crippen LogP contribution in [0.2, 0.25) is 0 Å². The van der Waals surface area contributed by atoms with Gasteiger partial charge in [0.25, 0.3) is 0 Å². The molecule has 2 heterocycles. The lowest BCUT2D eigenvalue weighted by Crippen LogP contribution is -2.69. The summed E-state index contributed by atoms with van der Waals surface area (Å²) in [6.07, 6.45) is -2.68. The number of aryl methyl sites for hydroxylation is 1. The summed E-state index contributed by atoms with van der Waals surface area (Å²) in [6, 6.07) is 5.42. The van der Waals surface area contributed by atoms with E-state index in [1.165, 1.54) is 4.90 Å². The van der Waals surface area contributed by atoms with Crippen molar-refractivity contribution in [2.75, 3.05) is 24.6 Å². The van der Waals surface area contributed by atoms with Crippen molar-refractivity contribution in [1.82, 2.24) is 0 Å². The molecule has 1 fully saturated rings. The Bertz CT molecular complexity index is 495. The smallest absolute Gasteiger partial charge is 0.420 e. The number of nitrogens with zero attached hydrogens (tertiary/aromatic N) is 1. The van der Waals surface area contributed by atoms with E-state index < -0.39 is 24.9 Å². The zero-order valence-corrected chi connectivity index (χ0v) is 10.2. The van der Waals surface area contributed by atoms with Crippen molar-refractivity contribution < 1.29 is 23.0 Å². The SMILES string of the molecule is OC1(C(F)(F)F)CN(c2ccc3c(c2)OCCC3)C1. The first kappa shape index (κ1) is 12.6. The van der Waals surface area contributed by atoms with Crippen molar-refractivity contribution in [3.63, 3.8) is 0 Å². The minimum Gasteiger partial charge on any atom is -0.493 e. The molecule has 0 aromatic heterocycles. The fourth-order valence-corrected chi connectivity index (χ4v) is 2.47. The molecule has 1 aromatic carbocycles. The fourth-order valence-electron chi connectivity index (χ4n) is 2.47. The molecule has 19 heavy (non-hydrogen) atoms. The van der Waals surface area contributed by atoms with E-state index in [0.29, 0.717) is 12.3 Å². The second kappa shape index (κ2) is 4.03. The van der Waals surface area contributed by atoms with Gasteiger partial charge in [-0.15, -0.1) is 0 Å². The molecule has 0 atom stereocenters. The molecular weight excluding hydrogens is 259 g/mol. The van der Waals surface area contributed by atoms with E-state index in [4.69, 9.17) is 4.74 Å². The average molecular weight is 273 g/mol. The Balaban J connectivity index is 1.76. The Morgan fingerprint density at radius 2 is 2.00 bits per heavy atom. The lowest BCUT2D eigenvalue weighted by atomic mass is 9.92. The summed E-state index contributed by atoms with van der Waals surface area (Å²) in [4.78, 5) is 1.51. The normalized spacial score (nSPS) is 21.4. The summed E-state index contributed by atoms with van der Waals surface area (Å²) in [6.45, 7) is -0.201. The van der Waals surface area contributed by atoms with Crippen LogP contribution < -0.4 is 9.64 Å². The van der Waals surface area contributed by atoms with Crippen LogP contribution in [0.25, 0.3) is 0 Å². The molecule has 0 bridgehead atoms. The number of fused-ring (bicyclic) bond motifs is 1. The highest BCUT2D eigenvalue weighted by Gasteiger charge is 2.61. The lowest BCUT2D eigenvalue weighted by molar-refractivity contribution is -0.267. The Kier molecular flexibility index (Phi) is 2.67. The van der Waals surface area contributed by atoms with Gasteiger partial charge in [0, 0.05) is 11.8 Å². The van der Waals surface area contributed by atoms with E-state index in [2.05, 4.69) is 0 Å². The van der Waals surface area contributed by atoms with Crippen molar-refractivity contribution in [3.8, 4) is 5.75 Å². The van der Waals surface area contributed by atoms with Gasteiger partial charge in [0.15, 0.2) is 5.60 Å². The van der Waals surface area contributed by atoms with E-state index in [1.54, 1.807) is 12.1 Å². The quantitative estimate of drug-likeness (QED) is 0.850. The molecule has 6 heteroatoms. The molecule has 2 aliphatic heterocycles. The van der Waals surface area contributed by atoms with E-state index in [0.717, 1.165) is 24.2 Å². The van der Waals surface area contributed by atoms with Crippen LogP contribution >= 0.6 is 0 Å². The van der Waals surface area contributed by atoms with Gasteiger partial charge in [-0.1, -0.05) is 6.07 Å². The van der Waals surface area contributed by atoms with Gasteiger partial charge in [-0.3, -0.25) is 0 Å². The largest absolute Gasteiger partial charge is 0.493 e. The number of benzene rings is 1. The van der Waals surface area contributed by atoms with Crippen molar-refractivity contribution in [3.05, 3.63) is 23.8 Å². The van der Waals surface area contributed by atoms with E-state index >= 15 is 0 Å². The van der Waals surface area contributed by atoms with Gasteiger partial charge < -0.3 is 14.7 Å². The summed E-state index contributed by atoms with van der Waals surface area (Å²) in [5.41, 5.74) is -0.833. The first-order valence-corrected chi connectivity index (χ1v) is 6.19. The van der Waals surface area contributed by atoms with Gasteiger partial charge in [-0.05, 0) is 24.5 Å². The molecule has 0 amide bonds. The summed E-state index contributed by atoms with van der Waals surface area (Å²) < 4.78 is 43.1. The highest BCUT2D eigenvalue weighted by Crippen LogP contribution is 2.41. The zero-order chi connectivity index (χ0) is 13.7. The Morgan fingerprint density at radius 3 is 2.68 bits per heavy atom. The third kappa shape index (κ3) is 2.04. The number of ether oxygens (including phenoxy) is 1. The van der Waals surface area contributed by atoms with Crippen LogP contribution in [-0.4, -0.2) is 36.6 Å². The number of hydrogen-bond acceptors (Lipinski definition) is 3. The Morgan fingerprint density at radius 1 is 1.26 bits per heavy atom. The molecule has 0 saturated carbocycles. The van der Waals surface area contributed by atoms with Crippen LogP contribution in [0.15, 0.2) is 18.2 Å². The average Bonchev–Trinajstić information content (AvgIpc) is 2.33. The lowest BCUT2D eigenvalue weighted by Gasteiger charge is -2.48. The molecule has 0 unspecified atom stereocenters. The van der Waals surface area contributed by atoms with Gasteiger partial charge in [-0.2, -0.15) is 13.2 Å². The molecule has 104 valence electrons. The van der Waals surface area contributed by atoms with Crippen LogP contribution in [0.1, 0.15) is 12.0 Å². The number of alkyl halides is 3. The number of hydrogen-bond donors (Lipinski definition) is 1.